The van der Waals surface area contributed by atoms with E-state index in [1.807, 2.05) is 0 Å². The lowest BCUT2D eigenvalue weighted by Crippen LogP contribution is -2.30. The number of nitrogens with zero attached hydrogens (tertiary/aromatic N) is 2. The second-order valence-corrected chi connectivity index (χ2v) is 4.27. The number of carbonyl (C=O) groups is 1. The average Bonchev–Trinajstić information content (AvgIpc) is 2.35. The number of benzene rings is 1. The fourth-order valence-corrected chi connectivity index (χ4v) is 1.42. The summed E-state index contributed by atoms with van der Waals surface area (Å²) in [6.45, 7) is 0.422. The smallest absolute Gasteiger partial charge is 0.269 e. The van der Waals surface area contributed by atoms with Crippen molar-refractivity contribution in [3.05, 3.63) is 39.9 Å². The van der Waals surface area contributed by atoms with Gasteiger partial charge in [-0.2, -0.15) is 0 Å². The molecule has 18 heavy (non-hydrogen) atoms. The molecule has 0 aliphatic rings. The second kappa shape index (κ2) is 6.06. The molecule has 2 N–H and O–H groups in total. The Bertz CT molecular complexity index is 473. The number of non-ortho nitro benzene ring substituents is 1. The Balaban J connectivity index is 2.71. The van der Waals surface area contributed by atoms with Gasteiger partial charge in [0.05, 0.1) is 9.91 Å². The number of hydrogen-bond donors (Lipinski definition) is 1. The number of hydrogen-bond acceptors (Lipinski definition) is 4. The third-order valence-corrected chi connectivity index (χ3v) is 2.57. The lowest BCUT2D eigenvalue weighted by Gasteiger charge is -2.16. The zero-order valence-electron chi connectivity index (χ0n) is 9.83. The molecule has 0 spiro atoms. The van der Waals surface area contributed by atoms with Gasteiger partial charge in [-0.15, -0.1) is 0 Å². The van der Waals surface area contributed by atoms with Gasteiger partial charge in [0.15, 0.2) is 0 Å². The number of nitrogens with two attached hydrogens (primary N) is 1. The molecule has 0 bridgehead atoms. The molecule has 1 aromatic carbocycles. The fourth-order valence-electron chi connectivity index (χ4n) is 1.33. The number of thiocarbonyl (C=S) groups is 1. The minimum atomic E-state index is -0.509. The molecule has 0 aromatic heterocycles. The Hall–Kier alpha value is -2.02. The van der Waals surface area contributed by atoms with Crippen molar-refractivity contribution in [1.29, 1.82) is 0 Å². The molecule has 6 nitrogen and oxygen atoms in total. The van der Waals surface area contributed by atoms with Gasteiger partial charge in [-0.05, 0) is 12.1 Å². The monoisotopic (exact) mass is 267 g/mol. The Kier molecular flexibility index (Phi) is 4.73. The summed E-state index contributed by atoms with van der Waals surface area (Å²) in [6.07, 6.45) is 0.449. The predicted molar refractivity (Wildman–Crippen MR) is 71.5 cm³/mol. The van der Waals surface area contributed by atoms with Crippen molar-refractivity contribution in [2.45, 2.75) is 6.42 Å². The topological polar surface area (TPSA) is 89.5 Å². The van der Waals surface area contributed by atoms with E-state index in [-0.39, 0.29) is 11.6 Å². The maximum atomic E-state index is 11.9. The lowest BCUT2D eigenvalue weighted by atomic mass is 10.2. The highest BCUT2D eigenvalue weighted by molar-refractivity contribution is 7.80. The SMILES string of the molecule is CN(CCC(N)=S)C(=O)c1ccc([N+](=O)[O-])cc1. The van der Waals surface area contributed by atoms with Crippen LogP contribution in [0.5, 0.6) is 0 Å². The summed E-state index contributed by atoms with van der Waals surface area (Å²) in [5.41, 5.74) is 5.70. The van der Waals surface area contributed by atoms with E-state index < -0.39 is 4.92 Å². The van der Waals surface area contributed by atoms with Crippen molar-refractivity contribution in [3.8, 4) is 0 Å². The van der Waals surface area contributed by atoms with Crippen LogP contribution >= 0.6 is 12.2 Å². The van der Waals surface area contributed by atoms with Gasteiger partial charge in [0, 0.05) is 37.7 Å². The standard InChI is InChI=1S/C11H13N3O3S/c1-13(7-6-10(12)18)11(15)8-2-4-9(5-3-8)14(16)17/h2-5H,6-7H2,1H3,(H2,12,18). The number of nitro groups is 1. The van der Waals surface area contributed by atoms with Crippen LogP contribution in [0.3, 0.4) is 0 Å². The van der Waals surface area contributed by atoms with Crippen LogP contribution in [0.15, 0.2) is 24.3 Å². The van der Waals surface area contributed by atoms with Gasteiger partial charge in [-0.25, -0.2) is 0 Å². The van der Waals surface area contributed by atoms with Crippen LogP contribution in [0.4, 0.5) is 5.69 Å². The first-order valence-electron chi connectivity index (χ1n) is 5.20. The fraction of sp³-hybridized carbons (Fsp3) is 0.273. The van der Waals surface area contributed by atoms with Gasteiger partial charge >= 0.3 is 0 Å². The van der Waals surface area contributed by atoms with Crippen molar-refractivity contribution >= 4 is 28.8 Å². The first-order chi connectivity index (χ1) is 8.41. The van der Waals surface area contributed by atoms with E-state index in [0.29, 0.717) is 23.5 Å². The predicted octanol–water partition coefficient (Wildman–Crippen LogP) is 1.34. The molecule has 0 fully saturated rings. The molecule has 1 aromatic rings. The summed E-state index contributed by atoms with van der Waals surface area (Å²) in [5, 5.41) is 10.5. The quantitative estimate of drug-likeness (QED) is 0.494. The van der Waals surface area contributed by atoms with Crippen LogP contribution in [0, 0.1) is 10.1 Å². The number of rotatable bonds is 5. The van der Waals surface area contributed by atoms with Gasteiger partial charge in [0.2, 0.25) is 0 Å². The molecule has 1 rings (SSSR count). The molecule has 1 amide bonds. The first-order valence-corrected chi connectivity index (χ1v) is 5.61. The maximum Gasteiger partial charge on any atom is 0.269 e. The van der Waals surface area contributed by atoms with Gasteiger partial charge < -0.3 is 10.6 Å². The van der Waals surface area contributed by atoms with Crippen molar-refractivity contribution in [1.82, 2.24) is 4.90 Å². The molecule has 96 valence electrons. The number of amides is 1. The normalized spacial score (nSPS) is 9.83. The molecular formula is C11H13N3O3S. The van der Waals surface area contributed by atoms with E-state index in [0.717, 1.165) is 0 Å². The van der Waals surface area contributed by atoms with Crippen LogP contribution in [0.2, 0.25) is 0 Å². The van der Waals surface area contributed by atoms with E-state index in [4.69, 9.17) is 18.0 Å². The van der Waals surface area contributed by atoms with E-state index >= 15 is 0 Å². The average molecular weight is 267 g/mol. The molecule has 0 radical (unpaired) electrons. The molecule has 0 heterocycles. The minimum absolute atomic E-state index is 0.0441. The Labute approximate surface area is 110 Å². The highest BCUT2D eigenvalue weighted by Crippen LogP contribution is 2.13. The summed E-state index contributed by atoms with van der Waals surface area (Å²) < 4.78 is 0. The largest absolute Gasteiger partial charge is 0.393 e. The second-order valence-electron chi connectivity index (χ2n) is 3.75. The minimum Gasteiger partial charge on any atom is -0.393 e. The van der Waals surface area contributed by atoms with Crippen molar-refractivity contribution in [2.75, 3.05) is 13.6 Å². The number of carbonyl (C=O) groups excluding carboxylic acids is 1. The summed E-state index contributed by atoms with van der Waals surface area (Å²) >= 11 is 4.73. The molecule has 0 unspecified atom stereocenters. The summed E-state index contributed by atoms with van der Waals surface area (Å²) in [5.74, 6) is -0.221. The highest BCUT2D eigenvalue weighted by atomic mass is 32.1. The highest BCUT2D eigenvalue weighted by Gasteiger charge is 2.13. The molecule has 0 aliphatic heterocycles. The van der Waals surface area contributed by atoms with Crippen LogP contribution < -0.4 is 5.73 Å². The van der Waals surface area contributed by atoms with E-state index in [2.05, 4.69) is 0 Å². The van der Waals surface area contributed by atoms with Gasteiger partial charge in [-0.3, -0.25) is 14.9 Å². The third kappa shape index (κ3) is 3.77. The molecule has 0 saturated carbocycles. The lowest BCUT2D eigenvalue weighted by molar-refractivity contribution is -0.384. The van der Waals surface area contributed by atoms with Crippen molar-refractivity contribution < 1.29 is 9.72 Å². The summed E-state index contributed by atoms with van der Waals surface area (Å²) in [6, 6.07) is 5.46. The molecule has 7 heteroatoms. The van der Waals surface area contributed by atoms with Crippen LogP contribution in [-0.4, -0.2) is 34.3 Å². The van der Waals surface area contributed by atoms with Gasteiger partial charge in [-0.1, -0.05) is 12.2 Å². The van der Waals surface area contributed by atoms with Crippen LogP contribution in [-0.2, 0) is 0 Å². The van der Waals surface area contributed by atoms with E-state index in [1.165, 1.54) is 29.2 Å². The van der Waals surface area contributed by atoms with E-state index in [9.17, 15) is 14.9 Å². The van der Waals surface area contributed by atoms with Crippen LogP contribution in [0.1, 0.15) is 16.8 Å². The zero-order valence-corrected chi connectivity index (χ0v) is 10.6. The third-order valence-electron chi connectivity index (χ3n) is 2.37. The summed E-state index contributed by atoms with van der Waals surface area (Å²) in [4.78, 5) is 23.7. The van der Waals surface area contributed by atoms with Crippen LogP contribution in [0.25, 0.3) is 0 Å². The molecular weight excluding hydrogens is 254 g/mol. The van der Waals surface area contributed by atoms with E-state index in [1.54, 1.807) is 7.05 Å². The Morgan fingerprint density at radius 3 is 2.44 bits per heavy atom. The van der Waals surface area contributed by atoms with Crippen molar-refractivity contribution in [2.24, 2.45) is 5.73 Å². The Morgan fingerprint density at radius 2 is 2.00 bits per heavy atom. The van der Waals surface area contributed by atoms with Gasteiger partial charge in [0.1, 0.15) is 0 Å². The molecule has 0 aliphatic carbocycles. The van der Waals surface area contributed by atoms with Crippen molar-refractivity contribution in [3.63, 3.8) is 0 Å². The number of nitro benzene ring substituents is 1. The Morgan fingerprint density at radius 1 is 1.44 bits per heavy atom. The molecule has 0 saturated heterocycles. The zero-order chi connectivity index (χ0) is 13.7. The van der Waals surface area contributed by atoms with Gasteiger partial charge in [0.25, 0.3) is 11.6 Å². The summed E-state index contributed by atoms with van der Waals surface area (Å²) in [7, 11) is 1.63. The maximum absolute atomic E-state index is 11.9. The first kappa shape index (κ1) is 14.0. The molecule has 0 atom stereocenters.